The lowest BCUT2D eigenvalue weighted by Crippen LogP contribution is -2.15. The van der Waals surface area contributed by atoms with Crippen molar-refractivity contribution < 1.29 is 13.9 Å². The summed E-state index contributed by atoms with van der Waals surface area (Å²) in [6.07, 6.45) is 5.20. The number of furan rings is 1. The number of aromatic nitrogens is 4. The first kappa shape index (κ1) is 19.2. The van der Waals surface area contributed by atoms with E-state index in [9.17, 15) is 0 Å². The van der Waals surface area contributed by atoms with Gasteiger partial charge in [-0.2, -0.15) is 0 Å². The Kier molecular flexibility index (Phi) is 5.46. The Morgan fingerprint density at radius 2 is 1.93 bits per heavy atom. The van der Waals surface area contributed by atoms with Gasteiger partial charge in [0.25, 0.3) is 0 Å². The lowest BCUT2D eigenvalue weighted by Gasteiger charge is -2.19. The molecule has 4 heterocycles. The molecule has 1 aromatic carbocycles. The minimum Gasteiger partial charge on any atom is -0.486 e. The van der Waals surface area contributed by atoms with Crippen LogP contribution in [0.4, 0.5) is 0 Å². The van der Waals surface area contributed by atoms with E-state index in [4.69, 9.17) is 13.9 Å². The molecule has 0 unspecified atom stereocenters. The first-order valence-electron chi connectivity index (χ1n) is 9.35. The average molecular weight is 485 g/mol. The van der Waals surface area contributed by atoms with Crippen molar-refractivity contribution in [3.63, 3.8) is 0 Å². The van der Waals surface area contributed by atoms with Crippen molar-refractivity contribution in [2.75, 3.05) is 13.2 Å². The lowest BCUT2D eigenvalue weighted by molar-refractivity contribution is 0.171. The number of halogens is 1. The van der Waals surface area contributed by atoms with E-state index in [1.54, 1.807) is 30.4 Å². The van der Waals surface area contributed by atoms with Crippen LogP contribution in [-0.2, 0) is 12.3 Å². The van der Waals surface area contributed by atoms with E-state index in [2.05, 4.69) is 31.1 Å². The molecular formula is C21H17BrN4O3S. The second-order valence-electron chi connectivity index (χ2n) is 6.59. The molecule has 3 aromatic heterocycles. The second kappa shape index (κ2) is 8.53. The van der Waals surface area contributed by atoms with E-state index in [0.29, 0.717) is 25.5 Å². The number of pyridine rings is 1. The van der Waals surface area contributed by atoms with Crippen LogP contribution in [0.3, 0.4) is 0 Å². The van der Waals surface area contributed by atoms with Crippen LogP contribution in [0.15, 0.2) is 69.1 Å². The molecule has 0 saturated heterocycles. The summed E-state index contributed by atoms with van der Waals surface area (Å²) in [5.74, 6) is 3.82. The molecule has 0 fully saturated rings. The van der Waals surface area contributed by atoms with Gasteiger partial charge in [-0.1, -0.05) is 27.7 Å². The molecule has 0 radical (unpaired) electrons. The van der Waals surface area contributed by atoms with Gasteiger partial charge in [0.2, 0.25) is 0 Å². The van der Waals surface area contributed by atoms with E-state index < -0.39 is 0 Å². The Morgan fingerprint density at radius 3 is 2.70 bits per heavy atom. The van der Waals surface area contributed by atoms with Crippen LogP contribution < -0.4 is 9.47 Å². The van der Waals surface area contributed by atoms with Gasteiger partial charge in [-0.15, -0.1) is 10.2 Å². The van der Waals surface area contributed by atoms with Crippen molar-refractivity contribution >= 4 is 27.7 Å². The Hall–Kier alpha value is -2.78. The normalized spacial score (nSPS) is 12.8. The van der Waals surface area contributed by atoms with Crippen LogP contribution >= 0.6 is 27.7 Å². The van der Waals surface area contributed by atoms with E-state index in [0.717, 1.165) is 43.8 Å². The van der Waals surface area contributed by atoms with Gasteiger partial charge in [0.15, 0.2) is 22.5 Å². The first-order chi connectivity index (χ1) is 14.8. The molecule has 0 N–H and O–H groups in total. The van der Waals surface area contributed by atoms with Crippen molar-refractivity contribution in [1.82, 2.24) is 19.7 Å². The van der Waals surface area contributed by atoms with Gasteiger partial charge < -0.3 is 13.9 Å². The van der Waals surface area contributed by atoms with Crippen LogP contribution in [0, 0.1) is 0 Å². The minimum atomic E-state index is 0.537. The van der Waals surface area contributed by atoms with Crippen molar-refractivity contribution in [3.8, 4) is 22.9 Å². The third-order valence-corrected chi connectivity index (χ3v) is 6.35. The fraction of sp³-hybridized carbons (Fsp3) is 0.190. The molecule has 0 atom stereocenters. The molecule has 5 rings (SSSR count). The highest BCUT2D eigenvalue weighted by Gasteiger charge is 2.18. The number of rotatable bonds is 6. The maximum absolute atomic E-state index is 5.72. The number of thioether (sulfide) groups is 1. The van der Waals surface area contributed by atoms with Crippen molar-refractivity contribution in [1.29, 1.82) is 0 Å². The summed E-state index contributed by atoms with van der Waals surface area (Å²) >= 11 is 5.25. The SMILES string of the molecule is Brc1cc2c(cc1CSc1nnc(-c3cccnc3)n1Cc1ccco1)OCCO2. The molecule has 152 valence electrons. The quantitative estimate of drug-likeness (QED) is 0.363. The van der Waals surface area contributed by atoms with Crippen LogP contribution in [0.2, 0.25) is 0 Å². The molecule has 0 spiro atoms. The van der Waals surface area contributed by atoms with Gasteiger partial charge in [0, 0.05) is 28.2 Å². The summed E-state index contributed by atoms with van der Waals surface area (Å²) in [5.41, 5.74) is 2.00. The molecule has 30 heavy (non-hydrogen) atoms. The van der Waals surface area contributed by atoms with Crippen LogP contribution in [0.1, 0.15) is 11.3 Å². The third kappa shape index (κ3) is 3.95. The van der Waals surface area contributed by atoms with E-state index in [1.807, 2.05) is 41.0 Å². The van der Waals surface area contributed by atoms with E-state index >= 15 is 0 Å². The summed E-state index contributed by atoms with van der Waals surface area (Å²) < 4.78 is 19.9. The highest BCUT2D eigenvalue weighted by Crippen LogP contribution is 2.38. The zero-order chi connectivity index (χ0) is 20.3. The van der Waals surface area contributed by atoms with Crippen molar-refractivity contribution in [3.05, 3.63) is 70.9 Å². The minimum absolute atomic E-state index is 0.537. The molecule has 0 amide bonds. The van der Waals surface area contributed by atoms with Crippen molar-refractivity contribution in [2.24, 2.45) is 0 Å². The second-order valence-corrected chi connectivity index (χ2v) is 8.39. The third-order valence-electron chi connectivity index (χ3n) is 4.60. The largest absolute Gasteiger partial charge is 0.486 e. The summed E-state index contributed by atoms with van der Waals surface area (Å²) in [4.78, 5) is 4.21. The topological polar surface area (TPSA) is 75.2 Å². The van der Waals surface area contributed by atoms with Crippen LogP contribution in [-0.4, -0.2) is 33.0 Å². The van der Waals surface area contributed by atoms with Gasteiger partial charge >= 0.3 is 0 Å². The molecule has 1 aliphatic rings. The summed E-state index contributed by atoms with van der Waals surface area (Å²) in [5, 5.41) is 9.66. The zero-order valence-corrected chi connectivity index (χ0v) is 18.2. The monoisotopic (exact) mass is 484 g/mol. The average Bonchev–Trinajstić information content (AvgIpc) is 3.43. The fourth-order valence-electron chi connectivity index (χ4n) is 3.16. The maximum Gasteiger partial charge on any atom is 0.192 e. The highest BCUT2D eigenvalue weighted by molar-refractivity contribution is 9.10. The molecule has 4 aromatic rings. The van der Waals surface area contributed by atoms with Gasteiger partial charge in [0.05, 0.1) is 12.8 Å². The Morgan fingerprint density at radius 1 is 1.07 bits per heavy atom. The number of benzene rings is 1. The number of hydrogen-bond donors (Lipinski definition) is 0. The predicted molar refractivity (Wildman–Crippen MR) is 116 cm³/mol. The summed E-state index contributed by atoms with van der Waals surface area (Å²) in [7, 11) is 0. The Bertz CT molecular complexity index is 1150. The number of hydrogen-bond acceptors (Lipinski definition) is 7. The summed E-state index contributed by atoms with van der Waals surface area (Å²) in [6, 6.07) is 11.7. The maximum atomic E-state index is 5.72. The molecule has 1 aliphatic heterocycles. The smallest absolute Gasteiger partial charge is 0.192 e. The van der Waals surface area contributed by atoms with Gasteiger partial charge in [-0.3, -0.25) is 9.55 Å². The molecule has 7 nitrogen and oxygen atoms in total. The lowest BCUT2D eigenvalue weighted by atomic mass is 10.2. The Balaban J connectivity index is 1.44. The van der Waals surface area contributed by atoms with Crippen LogP contribution in [0.25, 0.3) is 11.4 Å². The Labute approximate surface area is 185 Å². The molecule has 0 bridgehead atoms. The predicted octanol–water partition coefficient (Wildman–Crippen LogP) is 4.81. The fourth-order valence-corrected chi connectivity index (χ4v) is 4.74. The number of ether oxygens (including phenoxy) is 2. The highest BCUT2D eigenvalue weighted by atomic mass is 79.9. The number of fused-ring (bicyclic) bond motifs is 1. The molecule has 9 heteroatoms. The van der Waals surface area contributed by atoms with Crippen molar-refractivity contribution in [2.45, 2.75) is 17.5 Å². The first-order valence-corrected chi connectivity index (χ1v) is 11.1. The molecular weight excluding hydrogens is 468 g/mol. The summed E-state index contributed by atoms with van der Waals surface area (Å²) in [6.45, 7) is 1.67. The zero-order valence-electron chi connectivity index (χ0n) is 15.8. The van der Waals surface area contributed by atoms with Crippen LogP contribution in [0.5, 0.6) is 11.5 Å². The molecule has 0 saturated carbocycles. The van der Waals surface area contributed by atoms with Gasteiger partial charge in [-0.25, -0.2) is 0 Å². The van der Waals surface area contributed by atoms with Gasteiger partial charge in [0.1, 0.15) is 19.0 Å². The van der Waals surface area contributed by atoms with E-state index in [-0.39, 0.29) is 0 Å². The van der Waals surface area contributed by atoms with E-state index in [1.165, 1.54) is 0 Å². The molecule has 0 aliphatic carbocycles. The number of nitrogens with zero attached hydrogens (tertiary/aromatic N) is 4. The van der Waals surface area contributed by atoms with Gasteiger partial charge in [-0.05, 0) is 42.0 Å². The standard InChI is InChI=1S/C21H17BrN4O3S/c22-17-10-19-18(28-7-8-29-19)9-15(17)13-30-21-25-24-20(14-3-1-5-23-11-14)26(21)12-16-4-2-6-27-16/h1-6,9-11H,7-8,12-13H2.